The van der Waals surface area contributed by atoms with E-state index in [1.165, 1.54) is 12.1 Å². The first kappa shape index (κ1) is 19.8. The molecule has 28 heavy (non-hydrogen) atoms. The zero-order valence-corrected chi connectivity index (χ0v) is 15.6. The minimum absolute atomic E-state index is 0.0411. The predicted molar refractivity (Wildman–Crippen MR) is 101 cm³/mol. The monoisotopic (exact) mass is 387 g/mol. The van der Waals surface area contributed by atoms with Gasteiger partial charge in [-0.2, -0.15) is 0 Å². The van der Waals surface area contributed by atoms with Crippen molar-refractivity contribution in [1.82, 2.24) is 0 Å². The van der Waals surface area contributed by atoms with Crippen LogP contribution in [0.25, 0.3) is 0 Å². The number of rotatable bonds is 7. The van der Waals surface area contributed by atoms with E-state index in [4.69, 9.17) is 14.2 Å². The fourth-order valence-corrected chi connectivity index (χ4v) is 2.77. The summed E-state index contributed by atoms with van der Waals surface area (Å²) in [6.07, 6.45) is 2.14. The fourth-order valence-electron chi connectivity index (χ4n) is 2.77. The van der Waals surface area contributed by atoms with Crippen molar-refractivity contribution in [3.63, 3.8) is 0 Å². The van der Waals surface area contributed by atoms with Gasteiger partial charge in [0.05, 0.1) is 17.4 Å². The molecule has 2 aromatic rings. The Kier molecular flexibility index (Phi) is 6.60. The number of ether oxygens (including phenoxy) is 3. The van der Waals surface area contributed by atoms with Crippen molar-refractivity contribution in [2.24, 2.45) is 0 Å². The molecule has 1 N–H and O–H groups in total. The number of hydrogen-bond donors (Lipinski definition) is 1. The van der Waals surface area contributed by atoms with E-state index >= 15 is 0 Å². The van der Waals surface area contributed by atoms with E-state index < -0.39 is 24.3 Å². The summed E-state index contributed by atoms with van der Waals surface area (Å²) < 4.78 is 29.8. The molecule has 0 saturated carbocycles. The van der Waals surface area contributed by atoms with Gasteiger partial charge in [-0.05, 0) is 61.7 Å². The first-order chi connectivity index (χ1) is 13.5. The van der Waals surface area contributed by atoms with Crippen LogP contribution < -0.4 is 10.1 Å². The number of benzene rings is 2. The van der Waals surface area contributed by atoms with Crippen LogP contribution in [0.3, 0.4) is 0 Å². The van der Waals surface area contributed by atoms with Crippen LogP contribution in [0, 0.1) is 12.7 Å². The summed E-state index contributed by atoms with van der Waals surface area (Å²) in [7, 11) is 0. The molecule has 6 nitrogen and oxygen atoms in total. The summed E-state index contributed by atoms with van der Waals surface area (Å²) in [5.41, 5.74) is 1.07. The predicted octanol–water partition coefficient (Wildman–Crippen LogP) is 3.49. The fraction of sp³-hybridized carbons (Fsp3) is 0.333. The molecule has 1 atom stereocenters. The molecule has 0 unspecified atom stereocenters. The van der Waals surface area contributed by atoms with Crippen LogP contribution in [-0.4, -0.2) is 37.8 Å². The van der Waals surface area contributed by atoms with E-state index in [1.54, 1.807) is 37.3 Å². The van der Waals surface area contributed by atoms with Crippen molar-refractivity contribution in [3.05, 3.63) is 59.4 Å². The number of esters is 1. The van der Waals surface area contributed by atoms with Gasteiger partial charge in [0.1, 0.15) is 18.2 Å². The highest BCUT2D eigenvalue weighted by Gasteiger charge is 2.16. The standard InChI is InChI=1S/C21H22FNO5/c1-14-4-9-19(18(22)11-14)23-20(24)13-28-21(25)15-5-7-16(8-6-15)27-12-17-3-2-10-26-17/h4-9,11,17H,2-3,10,12-13H2,1H3,(H,23,24)/t17-/m1/s1. The van der Waals surface area contributed by atoms with Gasteiger partial charge in [0.25, 0.3) is 5.91 Å². The lowest BCUT2D eigenvalue weighted by atomic mass is 10.2. The van der Waals surface area contributed by atoms with Crippen LogP contribution >= 0.6 is 0 Å². The molecule has 1 amide bonds. The second-order valence-electron chi connectivity index (χ2n) is 6.58. The molecule has 0 aliphatic carbocycles. The molecule has 1 aliphatic rings. The van der Waals surface area contributed by atoms with Gasteiger partial charge in [0.15, 0.2) is 6.61 Å². The molecule has 1 aliphatic heterocycles. The molecule has 148 valence electrons. The van der Waals surface area contributed by atoms with Gasteiger partial charge in [0, 0.05) is 6.61 Å². The molecule has 3 rings (SSSR count). The normalized spacial score (nSPS) is 15.9. The number of anilines is 1. The van der Waals surface area contributed by atoms with Crippen LogP contribution in [0.4, 0.5) is 10.1 Å². The highest BCUT2D eigenvalue weighted by Crippen LogP contribution is 2.17. The van der Waals surface area contributed by atoms with E-state index in [-0.39, 0.29) is 11.8 Å². The third-order valence-electron chi connectivity index (χ3n) is 4.28. The van der Waals surface area contributed by atoms with Crippen LogP contribution in [0.2, 0.25) is 0 Å². The number of hydrogen-bond acceptors (Lipinski definition) is 5. The average Bonchev–Trinajstić information content (AvgIpc) is 3.21. The van der Waals surface area contributed by atoms with Crippen molar-refractivity contribution >= 4 is 17.6 Å². The topological polar surface area (TPSA) is 73.9 Å². The van der Waals surface area contributed by atoms with E-state index in [0.717, 1.165) is 25.0 Å². The smallest absolute Gasteiger partial charge is 0.338 e. The van der Waals surface area contributed by atoms with Crippen molar-refractivity contribution in [3.8, 4) is 5.75 Å². The first-order valence-electron chi connectivity index (χ1n) is 9.09. The third-order valence-corrected chi connectivity index (χ3v) is 4.28. The zero-order valence-electron chi connectivity index (χ0n) is 15.6. The largest absolute Gasteiger partial charge is 0.491 e. The molecule has 1 saturated heterocycles. The summed E-state index contributed by atoms with van der Waals surface area (Å²) in [6, 6.07) is 10.9. The number of aryl methyl sites for hydroxylation is 1. The molecule has 0 aromatic heterocycles. The summed E-state index contributed by atoms with van der Waals surface area (Å²) in [5.74, 6) is -1.18. The van der Waals surface area contributed by atoms with Crippen molar-refractivity contribution in [1.29, 1.82) is 0 Å². The number of carbonyl (C=O) groups is 2. The van der Waals surface area contributed by atoms with E-state index in [1.807, 2.05) is 0 Å². The Bertz CT molecular complexity index is 831. The maximum atomic E-state index is 13.7. The van der Waals surface area contributed by atoms with E-state index in [0.29, 0.717) is 17.9 Å². The van der Waals surface area contributed by atoms with Gasteiger partial charge in [0.2, 0.25) is 0 Å². The van der Waals surface area contributed by atoms with Gasteiger partial charge in [-0.15, -0.1) is 0 Å². The van der Waals surface area contributed by atoms with Gasteiger partial charge < -0.3 is 19.5 Å². The van der Waals surface area contributed by atoms with Crippen LogP contribution in [0.5, 0.6) is 5.75 Å². The Morgan fingerprint density at radius 1 is 1.21 bits per heavy atom. The van der Waals surface area contributed by atoms with Crippen LogP contribution in [0.1, 0.15) is 28.8 Å². The Balaban J connectivity index is 1.45. The van der Waals surface area contributed by atoms with Crippen LogP contribution in [-0.2, 0) is 14.3 Å². The summed E-state index contributed by atoms with van der Waals surface area (Å²) in [6.45, 7) is 2.47. The number of halogens is 1. The minimum atomic E-state index is -0.648. The maximum absolute atomic E-state index is 13.7. The second-order valence-corrected chi connectivity index (χ2v) is 6.58. The van der Waals surface area contributed by atoms with Gasteiger partial charge in [-0.3, -0.25) is 4.79 Å². The van der Waals surface area contributed by atoms with Crippen molar-refractivity contribution in [2.45, 2.75) is 25.9 Å². The summed E-state index contributed by atoms with van der Waals surface area (Å²) in [4.78, 5) is 23.9. The molecular weight excluding hydrogens is 365 g/mol. The van der Waals surface area contributed by atoms with Gasteiger partial charge in [-0.25, -0.2) is 9.18 Å². The quantitative estimate of drug-likeness (QED) is 0.737. The Labute approximate surface area is 162 Å². The molecule has 0 bridgehead atoms. The molecule has 0 spiro atoms. The minimum Gasteiger partial charge on any atom is -0.491 e. The van der Waals surface area contributed by atoms with Crippen molar-refractivity contribution in [2.75, 3.05) is 25.1 Å². The highest BCUT2D eigenvalue weighted by molar-refractivity contribution is 5.95. The lowest BCUT2D eigenvalue weighted by Gasteiger charge is -2.11. The average molecular weight is 387 g/mol. The summed E-state index contributed by atoms with van der Waals surface area (Å²) >= 11 is 0. The second kappa shape index (κ2) is 9.32. The Hall–Kier alpha value is -2.93. The molecule has 0 radical (unpaired) electrons. The highest BCUT2D eigenvalue weighted by atomic mass is 19.1. The Morgan fingerprint density at radius 2 is 2.00 bits per heavy atom. The molecule has 7 heteroatoms. The SMILES string of the molecule is Cc1ccc(NC(=O)COC(=O)c2ccc(OC[C@H]3CCCO3)cc2)c(F)c1. The van der Waals surface area contributed by atoms with Crippen LogP contribution in [0.15, 0.2) is 42.5 Å². The molecule has 2 aromatic carbocycles. The van der Waals surface area contributed by atoms with Crippen molar-refractivity contribution < 1.29 is 28.2 Å². The Morgan fingerprint density at radius 3 is 2.68 bits per heavy atom. The number of carbonyl (C=O) groups excluding carboxylic acids is 2. The summed E-state index contributed by atoms with van der Waals surface area (Å²) in [5, 5.41) is 2.37. The number of amides is 1. The molecular formula is C21H22FNO5. The first-order valence-corrected chi connectivity index (χ1v) is 9.09. The van der Waals surface area contributed by atoms with E-state index in [2.05, 4.69) is 5.32 Å². The zero-order chi connectivity index (χ0) is 19.9. The van der Waals surface area contributed by atoms with E-state index in [9.17, 15) is 14.0 Å². The number of nitrogens with one attached hydrogen (secondary N) is 1. The third kappa shape index (κ3) is 5.53. The lowest BCUT2D eigenvalue weighted by molar-refractivity contribution is -0.119. The lowest BCUT2D eigenvalue weighted by Crippen LogP contribution is -2.21. The van der Waals surface area contributed by atoms with Gasteiger partial charge >= 0.3 is 5.97 Å². The van der Waals surface area contributed by atoms with Gasteiger partial charge in [-0.1, -0.05) is 6.07 Å². The molecule has 1 fully saturated rings. The maximum Gasteiger partial charge on any atom is 0.338 e. The molecule has 1 heterocycles.